The van der Waals surface area contributed by atoms with Crippen LogP contribution >= 0.6 is 31.9 Å². The highest BCUT2D eigenvalue weighted by atomic mass is 79.9. The van der Waals surface area contributed by atoms with E-state index >= 15 is 0 Å². The molecule has 0 aliphatic rings. The van der Waals surface area contributed by atoms with Crippen molar-refractivity contribution in [2.45, 2.75) is 39.2 Å². The Morgan fingerprint density at radius 2 is 1.87 bits per heavy atom. The summed E-state index contributed by atoms with van der Waals surface area (Å²) in [4.78, 5) is 11.6. The molecular weight excluding hydrogens is 428 g/mol. The lowest BCUT2D eigenvalue weighted by atomic mass is 10.1. The zero-order valence-corrected chi connectivity index (χ0v) is 16.9. The van der Waals surface area contributed by atoms with E-state index in [1.54, 1.807) is 0 Å². The van der Waals surface area contributed by atoms with Gasteiger partial charge in [0.2, 0.25) is 0 Å². The van der Waals surface area contributed by atoms with E-state index in [0.717, 1.165) is 26.7 Å². The molecule has 0 unspecified atom stereocenters. The van der Waals surface area contributed by atoms with Gasteiger partial charge in [-0.25, -0.2) is 4.79 Å². The number of nitrogens with one attached hydrogen (secondary N) is 1. The van der Waals surface area contributed by atoms with Gasteiger partial charge in [0.1, 0.15) is 11.4 Å². The van der Waals surface area contributed by atoms with Crippen molar-refractivity contribution in [3.05, 3.63) is 26.6 Å². The summed E-state index contributed by atoms with van der Waals surface area (Å²) in [6, 6.07) is 3.97. The van der Waals surface area contributed by atoms with Crippen LogP contribution in [-0.2, 0) is 11.2 Å². The van der Waals surface area contributed by atoms with Crippen LogP contribution in [0.15, 0.2) is 21.1 Å². The highest BCUT2D eigenvalue weighted by Crippen LogP contribution is 2.35. The van der Waals surface area contributed by atoms with E-state index in [1.807, 2.05) is 32.9 Å². The number of benzene rings is 1. The molecule has 0 spiro atoms. The fraction of sp³-hybridized carbons (Fsp3) is 0.562. The van der Waals surface area contributed by atoms with Crippen molar-refractivity contribution in [3.63, 3.8) is 0 Å². The van der Waals surface area contributed by atoms with Gasteiger partial charge in [0.15, 0.2) is 0 Å². The van der Waals surface area contributed by atoms with Crippen LogP contribution in [0.25, 0.3) is 0 Å². The molecule has 0 saturated heterocycles. The zero-order valence-electron chi connectivity index (χ0n) is 13.7. The first-order chi connectivity index (χ1) is 10.7. The second-order valence-electron chi connectivity index (χ2n) is 6.06. The predicted octanol–water partition coefficient (Wildman–Crippen LogP) is 4.01. The van der Waals surface area contributed by atoms with Crippen molar-refractivity contribution in [1.82, 2.24) is 5.32 Å². The molecule has 1 rings (SSSR count). The van der Waals surface area contributed by atoms with Crippen LogP contribution in [0.4, 0.5) is 4.79 Å². The monoisotopic (exact) mass is 450 g/mol. The molecule has 1 amide bonds. The van der Waals surface area contributed by atoms with Gasteiger partial charge in [0.25, 0.3) is 0 Å². The first-order valence-corrected chi connectivity index (χ1v) is 9.09. The van der Waals surface area contributed by atoms with Gasteiger partial charge >= 0.3 is 6.09 Å². The third-order valence-corrected chi connectivity index (χ3v) is 3.91. The summed E-state index contributed by atoms with van der Waals surface area (Å²) in [5, 5.41) is 2.75. The second kappa shape index (κ2) is 9.49. The Morgan fingerprint density at radius 1 is 1.26 bits per heavy atom. The summed E-state index contributed by atoms with van der Waals surface area (Å²) >= 11 is 7.02. The van der Waals surface area contributed by atoms with E-state index in [2.05, 4.69) is 37.2 Å². The van der Waals surface area contributed by atoms with Crippen molar-refractivity contribution in [2.24, 2.45) is 5.73 Å². The third kappa shape index (κ3) is 8.04. The number of halogens is 2. The minimum absolute atomic E-state index is 0.405. The summed E-state index contributed by atoms with van der Waals surface area (Å²) in [7, 11) is 0. The van der Waals surface area contributed by atoms with Crippen molar-refractivity contribution in [2.75, 3.05) is 19.7 Å². The van der Waals surface area contributed by atoms with Crippen LogP contribution in [0.3, 0.4) is 0 Å². The van der Waals surface area contributed by atoms with Gasteiger partial charge in [-0.05, 0) is 89.7 Å². The number of carbonyl (C=O) groups is 1. The number of hydrogen-bond donors (Lipinski definition) is 2. The van der Waals surface area contributed by atoms with E-state index in [9.17, 15) is 4.79 Å². The molecule has 0 fully saturated rings. The first kappa shape index (κ1) is 20.3. The number of hydrogen-bond acceptors (Lipinski definition) is 4. The average Bonchev–Trinajstić information content (AvgIpc) is 2.40. The molecule has 0 bridgehead atoms. The average molecular weight is 452 g/mol. The summed E-state index contributed by atoms with van der Waals surface area (Å²) in [5.41, 5.74) is 6.05. The minimum Gasteiger partial charge on any atom is -0.491 e. The molecule has 1 aromatic rings. The van der Waals surface area contributed by atoms with Crippen LogP contribution < -0.4 is 15.8 Å². The van der Waals surface area contributed by atoms with E-state index < -0.39 is 11.7 Å². The van der Waals surface area contributed by atoms with E-state index in [4.69, 9.17) is 15.2 Å². The molecule has 130 valence electrons. The maximum absolute atomic E-state index is 11.6. The Hall–Kier alpha value is -0.790. The quantitative estimate of drug-likeness (QED) is 0.614. The fourth-order valence-electron chi connectivity index (χ4n) is 1.78. The van der Waals surface area contributed by atoms with Crippen molar-refractivity contribution < 1.29 is 14.3 Å². The molecule has 0 aromatic heterocycles. The number of ether oxygens (including phenoxy) is 2. The summed E-state index contributed by atoms with van der Waals surface area (Å²) in [6.45, 7) is 7.19. The third-order valence-electron chi connectivity index (χ3n) is 2.73. The minimum atomic E-state index is -0.487. The molecule has 5 nitrogen and oxygen atoms in total. The topological polar surface area (TPSA) is 73.6 Å². The maximum atomic E-state index is 11.6. The normalized spacial score (nSPS) is 11.2. The van der Waals surface area contributed by atoms with E-state index in [0.29, 0.717) is 26.1 Å². The molecule has 7 heteroatoms. The summed E-state index contributed by atoms with van der Waals surface area (Å²) < 4.78 is 12.6. The lowest BCUT2D eigenvalue weighted by Gasteiger charge is -2.19. The Kier molecular flexibility index (Phi) is 8.36. The lowest BCUT2D eigenvalue weighted by molar-refractivity contribution is 0.0528. The van der Waals surface area contributed by atoms with Gasteiger partial charge in [-0.15, -0.1) is 0 Å². The Bertz CT molecular complexity index is 508. The molecular formula is C16H24Br2N2O3. The summed E-state index contributed by atoms with van der Waals surface area (Å²) in [5.74, 6) is 0.766. The molecule has 1 aromatic carbocycles. The highest BCUT2D eigenvalue weighted by Gasteiger charge is 2.15. The number of nitrogens with two attached hydrogens (primary N) is 1. The van der Waals surface area contributed by atoms with Crippen LogP contribution in [0.1, 0.15) is 32.8 Å². The predicted molar refractivity (Wildman–Crippen MR) is 98.9 cm³/mol. The van der Waals surface area contributed by atoms with E-state index in [1.165, 1.54) is 0 Å². The van der Waals surface area contributed by atoms with Crippen molar-refractivity contribution in [1.29, 1.82) is 0 Å². The molecule has 0 atom stereocenters. The molecule has 23 heavy (non-hydrogen) atoms. The SMILES string of the molecule is CC(C)(C)OC(=O)NCCc1cc(Br)c(OCCCN)c(Br)c1. The van der Waals surface area contributed by atoms with Gasteiger partial charge in [-0.2, -0.15) is 0 Å². The van der Waals surface area contributed by atoms with Crippen LogP contribution in [0.2, 0.25) is 0 Å². The molecule has 0 aliphatic carbocycles. The fourth-order valence-corrected chi connectivity index (χ4v) is 3.29. The first-order valence-electron chi connectivity index (χ1n) is 7.50. The molecule has 0 radical (unpaired) electrons. The van der Waals surface area contributed by atoms with Gasteiger partial charge in [0.05, 0.1) is 15.6 Å². The number of amides is 1. The molecule has 0 saturated carbocycles. The second-order valence-corrected chi connectivity index (χ2v) is 7.77. The number of alkyl carbamates (subject to hydrolysis) is 1. The molecule has 0 aliphatic heterocycles. The van der Waals surface area contributed by atoms with Crippen LogP contribution in [0, 0.1) is 0 Å². The van der Waals surface area contributed by atoms with Gasteiger partial charge < -0.3 is 20.5 Å². The summed E-state index contributed by atoms with van der Waals surface area (Å²) in [6.07, 6.45) is 1.09. The number of rotatable bonds is 7. The van der Waals surface area contributed by atoms with Crippen LogP contribution in [-0.4, -0.2) is 31.4 Å². The van der Waals surface area contributed by atoms with Crippen molar-refractivity contribution in [3.8, 4) is 5.75 Å². The maximum Gasteiger partial charge on any atom is 0.407 e. The Morgan fingerprint density at radius 3 is 2.39 bits per heavy atom. The smallest absolute Gasteiger partial charge is 0.407 e. The number of carbonyl (C=O) groups excluding carboxylic acids is 1. The van der Waals surface area contributed by atoms with Crippen LogP contribution in [0.5, 0.6) is 5.75 Å². The largest absolute Gasteiger partial charge is 0.491 e. The molecule has 3 N–H and O–H groups in total. The van der Waals surface area contributed by atoms with Crippen molar-refractivity contribution >= 4 is 38.0 Å². The van der Waals surface area contributed by atoms with E-state index in [-0.39, 0.29) is 0 Å². The van der Waals surface area contributed by atoms with Gasteiger partial charge in [0, 0.05) is 6.54 Å². The molecule has 0 heterocycles. The Balaban J connectivity index is 2.54. The lowest BCUT2D eigenvalue weighted by Crippen LogP contribution is -2.33. The zero-order chi connectivity index (χ0) is 17.5. The standard InChI is InChI=1S/C16H24Br2N2O3/c1-16(2,3)23-15(21)20-7-5-11-9-12(17)14(13(18)10-11)22-8-4-6-19/h9-10H,4-8,19H2,1-3H3,(H,20,21). The van der Waals surface area contributed by atoms with Gasteiger partial charge in [-0.1, -0.05) is 0 Å². The highest BCUT2D eigenvalue weighted by molar-refractivity contribution is 9.11. The Labute approximate surface area is 154 Å². The van der Waals surface area contributed by atoms with Gasteiger partial charge in [-0.3, -0.25) is 0 Å².